The summed E-state index contributed by atoms with van der Waals surface area (Å²) < 4.78 is 23.6. The predicted molar refractivity (Wildman–Crippen MR) is 153 cm³/mol. The van der Waals surface area contributed by atoms with Gasteiger partial charge in [-0.2, -0.15) is 0 Å². The first-order chi connectivity index (χ1) is 19.5. The number of ether oxygens (including phenoxy) is 4. The second-order valence-corrected chi connectivity index (χ2v) is 13.3. The van der Waals surface area contributed by atoms with Gasteiger partial charge >= 0.3 is 23.9 Å². The molecule has 0 heterocycles. The maximum absolute atomic E-state index is 13.0. The molecule has 3 aliphatic rings. The highest BCUT2D eigenvalue weighted by Gasteiger charge is 2.72. The number of aliphatic hydroxyl groups is 2. The number of carbonyl (C=O) groups excluding carboxylic acids is 4. The smallest absolute Gasteiger partial charge is 0.306 e. The number of aliphatic hydroxyl groups excluding tert-OH is 2. The molecule has 0 aromatic rings. The standard InChI is InChI=1S/C32H50O10/c1-10-12-22(35)41-21-15-31(8)20(25-24(16(3)4)28(40-19(7)34)29(38)32(21,25)9)14-17(5)27(39-18(6)33)26(37)30(31)42-23(36)13-11-2/h14,16,20-21,24-30,37-38H,10-13,15H2,1-9H3/t20-,21+,24-,25+,26+,27+,28-,29+,30-,31-,32+/m1/s1. The molecular weight excluding hydrogens is 544 g/mol. The molecule has 10 nitrogen and oxygen atoms in total. The van der Waals surface area contributed by atoms with Crippen molar-refractivity contribution in [3.8, 4) is 0 Å². The summed E-state index contributed by atoms with van der Waals surface area (Å²) in [6.07, 6.45) is -2.97. The van der Waals surface area contributed by atoms with Crippen LogP contribution < -0.4 is 0 Å². The van der Waals surface area contributed by atoms with Crippen molar-refractivity contribution in [2.24, 2.45) is 34.5 Å². The zero-order chi connectivity index (χ0) is 31.7. The molecule has 0 radical (unpaired) electrons. The summed E-state index contributed by atoms with van der Waals surface area (Å²) in [6.45, 7) is 15.8. The summed E-state index contributed by atoms with van der Waals surface area (Å²) in [4.78, 5) is 50.4. The molecule has 0 bridgehead atoms. The number of hydrogen-bond donors (Lipinski definition) is 2. The molecule has 11 atom stereocenters. The Hall–Kier alpha value is -2.46. The molecule has 2 saturated carbocycles. The predicted octanol–water partition coefficient (Wildman–Crippen LogP) is 3.89. The van der Waals surface area contributed by atoms with Crippen molar-refractivity contribution in [3.63, 3.8) is 0 Å². The summed E-state index contributed by atoms with van der Waals surface area (Å²) in [5, 5.41) is 23.7. The van der Waals surface area contributed by atoms with E-state index in [-0.39, 0.29) is 31.1 Å². The maximum atomic E-state index is 13.0. The van der Waals surface area contributed by atoms with E-state index in [0.717, 1.165) is 0 Å². The Morgan fingerprint density at radius 1 is 0.929 bits per heavy atom. The first kappa shape index (κ1) is 34.0. The number of allylic oxidation sites excluding steroid dienone is 1. The zero-order valence-electron chi connectivity index (χ0n) is 26.5. The van der Waals surface area contributed by atoms with E-state index in [9.17, 15) is 29.4 Å². The Kier molecular flexibility index (Phi) is 10.6. The topological polar surface area (TPSA) is 146 Å². The summed E-state index contributed by atoms with van der Waals surface area (Å²) >= 11 is 0. The maximum Gasteiger partial charge on any atom is 0.306 e. The van der Waals surface area contributed by atoms with Gasteiger partial charge in [-0.1, -0.05) is 47.6 Å². The molecular formula is C32H50O10. The molecule has 0 saturated heterocycles. The highest BCUT2D eigenvalue weighted by atomic mass is 16.6. The molecule has 238 valence electrons. The lowest BCUT2D eigenvalue weighted by Gasteiger charge is -2.58. The SMILES string of the molecule is CCCC(=O)O[C@@H]1[C@@H](O)[C@@H](OC(C)=O)C(C)=C[C@@H]2[C@H]3[C@@H](C(C)C)[C@@H](OC(C)=O)[C@H](O)[C@@]3(C)[C@@H](OC(=O)CCC)C[C@]21C. The molecule has 2 fully saturated rings. The molecule has 0 aliphatic heterocycles. The minimum atomic E-state index is -1.40. The van der Waals surface area contributed by atoms with Crippen LogP contribution in [0.15, 0.2) is 11.6 Å². The Bertz CT molecular complexity index is 1070. The van der Waals surface area contributed by atoms with E-state index >= 15 is 0 Å². The van der Waals surface area contributed by atoms with Crippen LogP contribution in [0.5, 0.6) is 0 Å². The number of fused-ring (bicyclic) bond motifs is 3. The summed E-state index contributed by atoms with van der Waals surface area (Å²) in [7, 11) is 0. The third kappa shape index (κ3) is 6.11. The van der Waals surface area contributed by atoms with Gasteiger partial charge in [-0.15, -0.1) is 0 Å². The fourth-order valence-corrected chi connectivity index (χ4v) is 8.04. The Labute approximate surface area is 249 Å². The molecule has 0 spiro atoms. The van der Waals surface area contributed by atoms with E-state index in [0.29, 0.717) is 18.4 Å². The monoisotopic (exact) mass is 594 g/mol. The minimum Gasteiger partial charge on any atom is -0.462 e. The fraction of sp³-hybridized carbons (Fsp3) is 0.812. The molecule has 0 aromatic heterocycles. The van der Waals surface area contributed by atoms with E-state index in [1.807, 2.05) is 47.6 Å². The molecule has 2 N–H and O–H groups in total. The van der Waals surface area contributed by atoms with Crippen LogP contribution in [-0.2, 0) is 38.1 Å². The fourth-order valence-electron chi connectivity index (χ4n) is 8.04. The van der Waals surface area contributed by atoms with Crippen molar-refractivity contribution in [1.29, 1.82) is 0 Å². The van der Waals surface area contributed by atoms with Crippen molar-refractivity contribution >= 4 is 23.9 Å². The van der Waals surface area contributed by atoms with Gasteiger partial charge in [0.15, 0.2) is 6.10 Å². The normalized spacial score (nSPS) is 39.3. The average Bonchev–Trinajstić information content (AvgIpc) is 3.06. The van der Waals surface area contributed by atoms with Crippen LogP contribution in [0.25, 0.3) is 0 Å². The lowest BCUT2D eigenvalue weighted by atomic mass is 9.49. The van der Waals surface area contributed by atoms with Crippen molar-refractivity contribution in [2.45, 2.75) is 131 Å². The van der Waals surface area contributed by atoms with Crippen molar-refractivity contribution in [3.05, 3.63) is 11.6 Å². The van der Waals surface area contributed by atoms with Gasteiger partial charge in [0, 0.05) is 43.4 Å². The number of esters is 4. The van der Waals surface area contributed by atoms with Crippen LogP contribution in [0.3, 0.4) is 0 Å². The lowest BCUT2D eigenvalue weighted by molar-refractivity contribution is -0.220. The third-order valence-electron chi connectivity index (χ3n) is 9.89. The highest BCUT2D eigenvalue weighted by molar-refractivity contribution is 5.70. The van der Waals surface area contributed by atoms with Gasteiger partial charge in [-0.05, 0) is 49.5 Å². The van der Waals surface area contributed by atoms with Crippen molar-refractivity contribution in [1.82, 2.24) is 0 Å². The Morgan fingerprint density at radius 2 is 1.48 bits per heavy atom. The minimum absolute atomic E-state index is 0.0718. The highest BCUT2D eigenvalue weighted by Crippen LogP contribution is 2.67. The van der Waals surface area contributed by atoms with Crippen molar-refractivity contribution < 1.29 is 48.3 Å². The van der Waals surface area contributed by atoms with Crippen LogP contribution in [0.2, 0.25) is 0 Å². The molecule has 3 aliphatic carbocycles. The molecule has 0 amide bonds. The van der Waals surface area contributed by atoms with Gasteiger partial charge < -0.3 is 29.2 Å². The summed E-state index contributed by atoms with van der Waals surface area (Å²) in [5.41, 5.74) is -1.48. The van der Waals surface area contributed by atoms with Gasteiger partial charge in [0.25, 0.3) is 0 Å². The van der Waals surface area contributed by atoms with Gasteiger partial charge in [0.2, 0.25) is 0 Å². The Morgan fingerprint density at radius 3 is 1.98 bits per heavy atom. The lowest BCUT2D eigenvalue weighted by Crippen LogP contribution is -2.63. The first-order valence-corrected chi connectivity index (χ1v) is 15.3. The van der Waals surface area contributed by atoms with Crippen LogP contribution in [0.4, 0.5) is 0 Å². The quantitative estimate of drug-likeness (QED) is 0.229. The van der Waals surface area contributed by atoms with Crippen LogP contribution >= 0.6 is 0 Å². The molecule has 0 aromatic carbocycles. The molecule has 0 unspecified atom stereocenters. The van der Waals surface area contributed by atoms with E-state index in [1.54, 1.807) is 6.92 Å². The molecule has 42 heavy (non-hydrogen) atoms. The number of carbonyl (C=O) groups is 4. The summed E-state index contributed by atoms with van der Waals surface area (Å²) in [6, 6.07) is 0. The van der Waals surface area contributed by atoms with E-state index in [4.69, 9.17) is 18.9 Å². The van der Waals surface area contributed by atoms with Crippen LogP contribution in [0, 0.1) is 34.5 Å². The zero-order valence-corrected chi connectivity index (χ0v) is 26.5. The second kappa shape index (κ2) is 13.0. The molecule has 10 heteroatoms. The third-order valence-corrected chi connectivity index (χ3v) is 9.89. The first-order valence-electron chi connectivity index (χ1n) is 15.3. The average molecular weight is 595 g/mol. The van der Waals surface area contributed by atoms with Gasteiger partial charge in [-0.3, -0.25) is 19.2 Å². The van der Waals surface area contributed by atoms with Gasteiger partial charge in [0.05, 0.1) is 0 Å². The largest absolute Gasteiger partial charge is 0.462 e. The van der Waals surface area contributed by atoms with Crippen LogP contribution in [0.1, 0.15) is 94.4 Å². The Balaban J connectivity index is 2.32. The van der Waals surface area contributed by atoms with E-state index in [1.165, 1.54) is 13.8 Å². The van der Waals surface area contributed by atoms with Gasteiger partial charge in [0.1, 0.15) is 30.5 Å². The van der Waals surface area contributed by atoms with E-state index < -0.39 is 83.2 Å². The number of rotatable bonds is 9. The number of hydrogen-bond acceptors (Lipinski definition) is 10. The van der Waals surface area contributed by atoms with E-state index in [2.05, 4.69) is 0 Å². The second-order valence-electron chi connectivity index (χ2n) is 13.3. The van der Waals surface area contributed by atoms with Gasteiger partial charge in [-0.25, -0.2) is 0 Å². The summed E-state index contributed by atoms with van der Waals surface area (Å²) in [5.74, 6) is -3.36. The van der Waals surface area contributed by atoms with Crippen molar-refractivity contribution in [2.75, 3.05) is 0 Å². The molecule has 3 rings (SSSR count). The van der Waals surface area contributed by atoms with Crippen LogP contribution in [-0.4, -0.2) is 70.7 Å².